The predicted octanol–water partition coefficient (Wildman–Crippen LogP) is 0.959. The SMILES string of the molecule is CN1Cc2ccccc2CC1N. The van der Waals surface area contributed by atoms with Gasteiger partial charge < -0.3 is 5.73 Å². The van der Waals surface area contributed by atoms with Gasteiger partial charge in [0.1, 0.15) is 0 Å². The summed E-state index contributed by atoms with van der Waals surface area (Å²) in [4.78, 5) is 2.18. The molecular formula is C10H14N2. The van der Waals surface area contributed by atoms with E-state index in [9.17, 15) is 0 Å². The lowest BCUT2D eigenvalue weighted by molar-refractivity contribution is 0.220. The van der Waals surface area contributed by atoms with E-state index in [1.807, 2.05) is 0 Å². The molecule has 2 N–H and O–H groups in total. The first-order valence-corrected chi connectivity index (χ1v) is 4.30. The van der Waals surface area contributed by atoms with E-state index in [1.165, 1.54) is 11.1 Å². The molecule has 0 aromatic heterocycles. The molecular weight excluding hydrogens is 148 g/mol. The maximum Gasteiger partial charge on any atom is 0.0613 e. The van der Waals surface area contributed by atoms with E-state index in [1.54, 1.807) is 0 Å². The Morgan fingerprint density at radius 2 is 2.00 bits per heavy atom. The number of fused-ring (bicyclic) bond motifs is 1. The predicted molar refractivity (Wildman–Crippen MR) is 49.6 cm³/mol. The fourth-order valence-corrected chi connectivity index (χ4v) is 1.68. The average Bonchev–Trinajstić information content (AvgIpc) is 2.07. The van der Waals surface area contributed by atoms with E-state index in [2.05, 4.69) is 36.2 Å². The first-order chi connectivity index (χ1) is 5.77. The molecule has 2 rings (SSSR count). The Hall–Kier alpha value is -0.860. The number of hydrogen-bond donors (Lipinski definition) is 1. The maximum atomic E-state index is 5.92. The van der Waals surface area contributed by atoms with Crippen molar-refractivity contribution in [2.75, 3.05) is 7.05 Å². The Balaban J connectivity index is 2.34. The van der Waals surface area contributed by atoms with Crippen LogP contribution in [-0.2, 0) is 13.0 Å². The molecule has 2 nitrogen and oxygen atoms in total. The number of likely N-dealkylation sites (N-methyl/N-ethyl adjacent to an activating group) is 1. The van der Waals surface area contributed by atoms with Crippen molar-refractivity contribution in [3.05, 3.63) is 35.4 Å². The van der Waals surface area contributed by atoms with Crippen molar-refractivity contribution in [1.82, 2.24) is 4.90 Å². The van der Waals surface area contributed by atoms with Crippen LogP contribution in [0.2, 0.25) is 0 Å². The van der Waals surface area contributed by atoms with E-state index >= 15 is 0 Å². The van der Waals surface area contributed by atoms with Gasteiger partial charge in [0.2, 0.25) is 0 Å². The number of nitrogens with two attached hydrogens (primary N) is 1. The van der Waals surface area contributed by atoms with E-state index in [0.717, 1.165) is 13.0 Å². The van der Waals surface area contributed by atoms with E-state index in [-0.39, 0.29) is 6.17 Å². The lowest BCUT2D eigenvalue weighted by atomic mass is 9.98. The molecule has 0 radical (unpaired) electrons. The van der Waals surface area contributed by atoms with Gasteiger partial charge in [-0.15, -0.1) is 0 Å². The van der Waals surface area contributed by atoms with Gasteiger partial charge in [0.15, 0.2) is 0 Å². The summed E-state index contributed by atoms with van der Waals surface area (Å²) in [6.45, 7) is 0.983. The molecule has 1 atom stereocenters. The first kappa shape index (κ1) is 7.77. The summed E-state index contributed by atoms with van der Waals surface area (Å²) in [6.07, 6.45) is 1.17. The van der Waals surface area contributed by atoms with Gasteiger partial charge in [-0.1, -0.05) is 24.3 Å². The first-order valence-electron chi connectivity index (χ1n) is 4.30. The summed E-state index contributed by atoms with van der Waals surface area (Å²) < 4.78 is 0. The lowest BCUT2D eigenvalue weighted by Crippen LogP contribution is -2.43. The molecule has 1 aromatic rings. The van der Waals surface area contributed by atoms with Crippen LogP contribution >= 0.6 is 0 Å². The highest BCUT2D eigenvalue weighted by Gasteiger charge is 2.18. The van der Waals surface area contributed by atoms with E-state index in [0.29, 0.717) is 0 Å². The quantitative estimate of drug-likeness (QED) is 0.615. The molecule has 1 aromatic carbocycles. The molecule has 2 heteroatoms. The molecule has 0 fully saturated rings. The zero-order valence-corrected chi connectivity index (χ0v) is 7.33. The molecule has 1 aliphatic heterocycles. The second kappa shape index (κ2) is 2.88. The molecule has 12 heavy (non-hydrogen) atoms. The maximum absolute atomic E-state index is 5.92. The van der Waals surface area contributed by atoms with Crippen molar-refractivity contribution >= 4 is 0 Å². The summed E-state index contributed by atoms with van der Waals surface area (Å²) in [7, 11) is 2.07. The highest BCUT2D eigenvalue weighted by atomic mass is 15.2. The number of rotatable bonds is 0. The minimum absolute atomic E-state index is 0.194. The Kier molecular flexibility index (Phi) is 1.87. The Morgan fingerprint density at radius 3 is 2.75 bits per heavy atom. The Labute approximate surface area is 73.0 Å². The van der Waals surface area contributed by atoms with Crippen molar-refractivity contribution in [3.8, 4) is 0 Å². The van der Waals surface area contributed by atoms with Crippen LogP contribution in [0.4, 0.5) is 0 Å². The minimum atomic E-state index is 0.194. The van der Waals surface area contributed by atoms with Gasteiger partial charge in [-0.2, -0.15) is 0 Å². The third-order valence-electron chi connectivity index (χ3n) is 2.53. The standard InChI is InChI=1S/C10H14N2/c1-12-7-9-5-3-2-4-8(9)6-10(12)11/h2-5,10H,6-7,11H2,1H3. The van der Waals surface area contributed by atoms with Crippen LogP contribution in [0.15, 0.2) is 24.3 Å². The Morgan fingerprint density at radius 1 is 1.33 bits per heavy atom. The minimum Gasteiger partial charge on any atom is -0.315 e. The summed E-state index contributed by atoms with van der Waals surface area (Å²) in [5.74, 6) is 0. The highest BCUT2D eigenvalue weighted by molar-refractivity contribution is 5.29. The number of nitrogens with zero attached hydrogens (tertiary/aromatic N) is 1. The molecule has 0 spiro atoms. The van der Waals surface area contributed by atoms with Crippen molar-refractivity contribution < 1.29 is 0 Å². The number of hydrogen-bond acceptors (Lipinski definition) is 2. The van der Waals surface area contributed by atoms with Crippen LogP contribution < -0.4 is 5.73 Å². The summed E-state index contributed by atoms with van der Waals surface area (Å²) >= 11 is 0. The molecule has 0 saturated heterocycles. The number of benzene rings is 1. The molecule has 1 heterocycles. The van der Waals surface area contributed by atoms with Gasteiger partial charge in [-0.25, -0.2) is 0 Å². The van der Waals surface area contributed by atoms with Crippen LogP contribution in [-0.4, -0.2) is 18.1 Å². The highest BCUT2D eigenvalue weighted by Crippen LogP contribution is 2.18. The van der Waals surface area contributed by atoms with Crippen molar-refractivity contribution in [2.45, 2.75) is 19.1 Å². The third-order valence-corrected chi connectivity index (χ3v) is 2.53. The monoisotopic (exact) mass is 162 g/mol. The van der Waals surface area contributed by atoms with Crippen LogP contribution in [0.3, 0.4) is 0 Å². The third kappa shape index (κ3) is 1.24. The van der Waals surface area contributed by atoms with E-state index in [4.69, 9.17) is 5.73 Å². The Bertz CT molecular complexity index is 254. The zero-order valence-electron chi connectivity index (χ0n) is 7.33. The molecule has 0 amide bonds. The van der Waals surface area contributed by atoms with Gasteiger partial charge in [0.25, 0.3) is 0 Å². The molecule has 1 unspecified atom stereocenters. The summed E-state index contributed by atoms with van der Waals surface area (Å²) in [5, 5.41) is 0. The molecule has 1 aliphatic rings. The summed E-state index contributed by atoms with van der Waals surface area (Å²) in [6, 6.07) is 8.51. The van der Waals surface area contributed by atoms with Gasteiger partial charge in [0.05, 0.1) is 6.17 Å². The lowest BCUT2D eigenvalue weighted by Gasteiger charge is -2.31. The summed E-state index contributed by atoms with van der Waals surface area (Å²) in [5.41, 5.74) is 8.74. The van der Waals surface area contributed by atoms with E-state index < -0.39 is 0 Å². The van der Waals surface area contributed by atoms with Crippen molar-refractivity contribution in [3.63, 3.8) is 0 Å². The fraction of sp³-hybridized carbons (Fsp3) is 0.400. The van der Waals surface area contributed by atoms with Gasteiger partial charge in [-0.3, -0.25) is 4.90 Å². The molecule has 0 saturated carbocycles. The van der Waals surface area contributed by atoms with Gasteiger partial charge in [-0.05, 0) is 18.2 Å². The fourth-order valence-electron chi connectivity index (χ4n) is 1.68. The van der Waals surface area contributed by atoms with Crippen LogP contribution in [0.5, 0.6) is 0 Å². The van der Waals surface area contributed by atoms with Crippen LogP contribution in [0.1, 0.15) is 11.1 Å². The second-order valence-corrected chi connectivity index (χ2v) is 3.46. The van der Waals surface area contributed by atoms with Crippen LogP contribution in [0.25, 0.3) is 0 Å². The topological polar surface area (TPSA) is 29.3 Å². The second-order valence-electron chi connectivity index (χ2n) is 3.46. The smallest absolute Gasteiger partial charge is 0.0613 e. The van der Waals surface area contributed by atoms with Gasteiger partial charge >= 0.3 is 0 Å². The van der Waals surface area contributed by atoms with Crippen LogP contribution in [0, 0.1) is 0 Å². The van der Waals surface area contributed by atoms with Crippen molar-refractivity contribution in [1.29, 1.82) is 0 Å². The molecule has 64 valence electrons. The normalized spacial score (nSPS) is 23.7. The van der Waals surface area contributed by atoms with Gasteiger partial charge in [0, 0.05) is 13.0 Å². The zero-order chi connectivity index (χ0) is 8.55. The van der Waals surface area contributed by atoms with Crippen molar-refractivity contribution in [2.24, 2.45) is 5.73 Å². The largest absolute Gasteiger partial charge is 0.315 e. The average molecular weight is 162 g/mol. The molecule has 0 bridgehead atoms. The molecule has 0 aliphatic carbocycles.